The highest BCUT2D eigenvalue weighted by Crippen LogP contribution is 2.16. The molecule has 0 radical (unpaired) electrons. The lowest BCUT2D eigenvalue weighted by Gasteiger charge is -2.30. The number of carbonyl (C=O) groups is 1. The van der Waals surface area contributed by atoms with Crippen LogP contribution in [0.15, 0.2) is 11.4 Å². The van der Waals surface area contributed by atoms with E-state index in [1.165, 1.54) is 10.4 Å². The van der Waals surface area contributed by atoms with E-state index in [1.54, 1.807) is 11.3 Å². The second-order valence-electron chi connectivity index (χ2n) is 4.39. The summed E-state index contributed by atoms with van der Waals surface area (Å²) in [6.07, 6.45) is 0.978. The fourth-order valence-electron chi connectivity index (χ4n) is 1.81. The quantitative estimate of drug-likeness (QED) is 0.857. The molecule has 3 nitrogen and oxygen atoms in total. The second-order valence-corrected chi connectivity index (χ2v) is 5.39. The van der Waals surface area contributed by atoms with Crippen molar-refractivity contribution in [2.24, 2.45) is 5.92 Å². The number of rotatable bonds is 4. The zero-order valence-corrected chi connectivity index (χ0v) is 10.6. The lowest BCUT2D eigenvalue weighted by molar-refractivity contribution is -0.135. The summed E-state index contributed by atoms with van der Waals surface area (Å²) in [5.74, 6) is 0.502. The molecule has 1 aliphatic rings. The first-order chi connectivity index (χ1) is 7.68. The Hall–Kier alpha value is -0.870. The predicted octanol–water partition coefficient (Wildman–Crippen LogP) is 1.28. The molecule has 0 saturated carbocycles. The lowest BCUT2D eigenvalue weighted by atomic mass is 10.0. The van der Waals surface area contributed by atoms with Crippen LogP contribution in [0.1, 0.15) is 10.4 Å². The van der Waals surface area contributed by atoms with Gasteiger partial charge in [-0.15, -0.1) is 11.3 Å². The van der Waals surface area contributed by atoms with Gasteiger partial charge in [0.05, 0.1) is 5.92 Å². The Balaban J connectivity index is 1.81. The van der Waals surface area contributed by atoms with Gasteiger partial charge >= 0.3 is 0 Å². The summed E-state index contributed by atoms with van der Waals surface area (Å²) in [5.41, 5.74) is 1.34. The van der Waals surface area contributed by atoms with E-state index in [0.717, 1.165) is 26.1 Å². The second kappa shape index (κ2) is 4.97. The van der Waals surface area contributed by atoms with E-state index in [-0.39, 0.29) is 11.8 Å². The van der Waals surface area contributed by atoms with Gasteiger partial charge in [0, 0.05) is 31.6 Å². The minimum absolute atomic E-state index is 0.217. The molecule has 0 aliphatic carbocycles. The summed E-state index contributed by atoms with van der Waals surface area (Å²) >= 11 is 1.78. The standard InChI is InChI=1S/C12H18N2OS/c1-9-4-6-16-11(9)3-5-14(2)12(15)10-7-13-8-10/h4,6,10,13H,3,5,7-8H2,1-2H3. The smallest absolute Gasteiger partial charge is 0.228 e. The fourth-order valence-corrected chi connectivity index (χ4v) is 2.71. The minimum Gasteiger partial charge on any atom is -0.345 e. The van der Waals surface area contributed by atoms with Gasteiger partial charge in [-0.3, -0.25) is 4.79 Å². The van der Waals surface area contributed by atoms with E-state index in [9.17, 15) is 4.79 Å². The van der Waals surface area contributed by atoms with Crippen molar-refractivity contribution in [3.63, 3.8) is 0 Å². The Morgan fingerprint density at radius 1 is 1.62 bits per heavy atom. The number of nitrogens with zero attached hydrogens (tertiary/aromatic N) is 1. The van der Waals surface area contributed by atoms with Crippen molar-refractivity contribution in [1.82, 2.24) is 10.2 Å². The molecule has 0 spiro atoms. The van der Waals surface area contributed by atoms with E-state index in [2.05, 4.69) is 23.7 Å². The molecular weight excluding hydrogens is 220 g/mol. The van der Waals surface area contributed by atoms with Gasteiger partial charge in [-0.1, -0.05) is 0 Å². The van der Waals surface area contributed by atoms with E-state index in [0.29, 0.717) is 0 Å². The maximum atomic E-state index is 11.9. The zero-order chi connectivity index (χ0) is 11.5. The fraction of sp³-hybridized carbons (Fsp3) is 0.583. The molecule has 2 heterocycles. The summed E-state index contributed by atoms with van der Waals surface area (Å²) in [6, 6.07) is 2.14. The van der Waals surface area contributed by atoms with Crippen LogP contribution < -0.4 is 5.32 Å². The van der Waals surface area contributed by atoms with Gasteiger partial charge in [0.15, 0.2) is 0 Å². The highest BCUT2D eigenvalue weighted by atomic mass is 32.1. The Labute approximate surface area is 100 Å². The summed E-state index contributed by atoms with van der Waals surface area (Å²) < 4.78 is 0. The Bertz CT molecular complexity index is 371. The first-order valence-electron chi connectivity index (χ1n) is 5.67. The number of likely N-dealkylation sites (N-methyl/N-ethyl adjacent to an activating group) is 1. The monoisotopic (exact) mass is 238 g/mol. The van der Waals surface area contributed by atoms with Gasteiger partial charge in [0.1, 0.15) is 0 Å². The Morgan fingerprint density at radius 3 is 2.88 bits per heavy atom. The molecule has 1 amide bonds. The highest BCUT2D eigenvalue weighted by Gasteiger charge is 2.27. The van der Waals surface area contributed by atoms with Gasteiger partial charge in [-0.2, -0.15) is 0 Å². The van der Waals surface area contributed by atoms with E-state index in [4.69, 9.17) is 0 Å². The highest BCUT2D eigenvalue weighted by molar-refractivity contribution is 7.10. The average Bonchev–Trinajstić information content (AvgIpc) is 2.57. The van der Waals surface area contributed by atoms with Crippen LogP contribution in [-0.4, -0.2) is 37.5 Å². The third-order valence-corrected chi connectivity index (χ3v) is 4.23. The Kier molecular flexibility index (Phi) is 3.61. The summed E-state index contributed by atoms with van der Waals surface area (Å²) in [6.45, 7) is 4.66. The number of thiophene rings is 1. The van der Waals surface area contributed by atoms with Gasteiger partial charge in [-0.25, -0.2) is 0 Å². The van der Waals surface area contributed by atoms with Crippen molar-refractivity contribution >= 4 is 17.2 Å². The first kappa shape index (κ1) is 11.6. The molecule has 1 aromatic rings. The minimum atomic E-state index is 0.217. The zero-order valence-electron chi connectivity index (χ0n) is 9.82. The molecule has 0 unspecified atom stereocenters. The first-order valence-corrected chi connectivity index (χ1v) is 6.55. The maximum Gasteiger partial charge on any atom is 0.228 e. The molecule has 1 aliphatic heterocycles. The molecule has 0 bridgehead atoms. The van der Waals surface area contributed by atoms with E-state index < -0.39 is 0 Å². The van der Waals surface area contributed by atoms with Crippen molar-refractivity contribution in [2.75, 3.05) is 26.7 Å². The molecular formula is C12H18N2OS. The van der Waals surface area contributed by atoms with Crippen LogP contribution in [-0.2, 0) is 11.2 Å². The molecule has 1 fully saturated rings. The van der Waals surface area contributed by atoms with Gasteiger partial charge < -0.3 is 10.2 Å². The maximum absolute atomic E-state index is 11.9. The number of carbonyl (C=O) groups excluding carboxylic acids is 1. The van der Waals surface area contributed by atoms with E-state index in [1.807, 2.05) is 11.9 Å². The third kappa shape index (κ3) is 2.44. The topological polar surface area (TPSA) is 32.3 Å². The summed E-state index contributed by atoms with van der Waals surface area (Å²) in [5, 5.41) is 5.24. The van der Waals surface area contributed by atoms with Gasteiger partial charge in [0.2, 0.25) is 5.91 Å². The SMILES string of the molecule is Cc1ccsc1CCN(C)C(=O)C1CNC1. The molecule has 4 heteroatoms. The van der Waals surface area contributed by atoms with Crippen LogP contribution in [0.3, 0.4) is 0 Å². The number of hydrogen-bond donors (Lipinski definition) is 1. The number of amides is 1. The molecule has 16 heavy (non-hydrogen) atoms. The molecule has 88 valence electrons. The van der Waals surface area contributed by atoms with Crippen LogP contribution in [0.2, 0.25) is 0 Å². The van der Waals surface area contributed by atoms with Crippen molar-refractivity contribution < 1.29 is 4.79 Å². The van der Waals surface area contributed by atoms with Crippen molar-refractivity contribution in [3.8, 4) is 0 Å². The van der Waals surface area contributed by atoms with Crippen LogP contribution in [0.25, 0.3) is 0 Å². The van der Waals surface area contributed by atoms with Crippen LogP contribution in [0, 0.1) is 12.8 Å². The molecule has 1 N–H and O–H groups in total. The van der Waals surface area contributed by atoms with Crippen LogP contribution in [0.4, 0.5) is 0 Å². The van der Waals surface area contributed by atoms with Crippen molar-refractivity contribution in [2.45, 2.75) is 13.3 Å². The number of hydrogen-bond acceptors (Lipinski definition) is 3. The van der Waals surface area contributed by atoms with Gasteiger partial charge in [0.25, 0.3) is 0 Å². The number of nitrogens with one attached hydrogen (secondary N) is 1. The molecule has 0 atom stereocenters. The average molecular weight is 238 g/mol. The number of aryl methyl sites for hydroxylation is 1. The van der Waals surface area contributed by atoms with Crippen molar-refractivity contribution in [1.29, 1.82) is 0 Å². The van der Waals surface area contributed by atoms with E-state index >= 15 is 0 Å². The largest absolute Gasteiger partial charge is 0.345 e. The molecule has 2 rings (SSSR count). The van der Waals surface area contributed by atoms with Crippen LogP contribution in [0.5, 0.6) is 0 Å². The summed E-state index contributed by atoms with van der Waals surface area (Å²) in [7, 11) is 1.91. The van der Waals surface area contributed by atoms with Crippen LogP contribution >= 0.6 is 11.3 Å². The summed E-state index contributed by atoms with van der Waals surface area (Å²) in [4.78, 5) is 15.1. The lowest BCUT2D eigenvalue weighted by Crippen LogP contribution is -2.51. The molecule has 1 saturated heterocycles. The third-order valence-electron chi connectivity index (χ3n) is 3.15. The van der Waals surface area contributed by atoms with Crippen molar-refractivity contribution in [3.05, 3.63) is 21.9 Å². The normalized spacial score (nSPS) is 15.9. The predicted molar refractivity (Wildman–Crippen MR) is 66.8 cm³/mol. The van der Waals surface area contributed by atoms with Gasteiger partial charge in [-0.05, 0) is 30.4 Å². The molecule has 0 aromatic carbocycles. The molecule has 1 aromatic heterocycles. The Morgan fingerprint density at radius 2 is 2.38 bits per heavy atom.